The van der Waals surface area contributed by atoms with Crippen molar-refractivity contribution in [1.29, 1.82) is 0 Å². The number of nitrogens with two attached hydrogens (primary N) is 1. The molecule has 162 valence electrons. The van der Waals surface area contributed by atoms with E-state index in [1.807, 2.05) is 4.72 Å². The maximum atomic E-state index is 12.4. The fraction of sp³-hybridized carbons (Fsp3) is 0.294. The Bertz CT molecular complexity index is 979. The molecule has 1 aromatic heterocycles. The van der Waals surface area contributed by atoms with E-state index in [2.05, 4.69) is 20.6 Å². The number of primary amides is 1. The molecule has 13 heteroatoms. The summed E-state index contributed by atoms with van der Waals surface area (Å²) in [5, 5.41) is 5.19. The molecule has 1 heterocycles. The number of benzene rings is 1. The number of nitrogens with zero attached hydrogens (tertiary/aromatic N) is 1. The molecule has 6 N–H and O–H groups in total. The minimum atomic E-state index is -4.18. The van der Waals surface area contributed by atoms with Crippen molar-refractivity contribution in [3.8, 4) is 0 Å². The maximum Gasteiger partial charge on any atom is 0.329 e. The maximum absolute atomic E-state index is 12.4. The average Bonchev–Trinajstić information content (AvgIpc) is 3.18. The van der Waals surface area contributed by atoms with Gasteiger partial charge >= 0.3 is 6.03 Å². The number of hydrogen-bond donors (Lipinski definition) is 5. The summed E-state index contributed by atoms with van der Waals surface area (Å²) in [6, 6.07) is 2.88. The van der Waals surface area contributed by atoms with Crippen LogP contribution in [0, 0.1) is 0 Å². The van der Waals surface area contributed by atoms with Gasteiger partial charge in [-0.05, 0) is 30.7 Å². The summed E-state index contributed by atoms with van der Waals surface area (Å²) < 4.78 is 26.4. The van der Waals surface area contributed by atoms with Crippen LogP contribution in [0.1, 0.15) is 18.5 Å². The fourth-order valence-electron chi connectivity index (χ4n) is 2.40. The second-order valence-electron chi connectivity index (χ2n) is 6.21. The van der Waals surface area contributed by atoms with Crippen LogP contribution in [-0.4, -0.2) is 48.8 Å². The van der Waals surface area contributed by atoms with Gasteiger partial charge in [-0.25, -0.2) is 22.9 Å². The van der Waals surface area contributed by atoms with Gasteiger partial charge in [-0.3, -0.25) is 9.59 Å². The molecule has 0 saturated carbocycles. The first-order chi connectivity index (χ1) is 14.2. The van der Waals surface area contributed by atoms with Gasteiger partial charge in [0, 0.05) is 36.3 Å². The van der Waals surface area contributed by atoms with Crippen molar-refractivity contribution in [3.05, 3.63) is 47.5 Å². The molecule has 0 saturated heterocycles. The number of amides is 4. The number of imidazole rings is 1. The third-order valence-corrected chi connectivity index (χ3v) is 5.50. The van der Waals surface area contributed by atoms with Gasteiger partial charge < -0.3 is 21.4 Å². The third-order valence-electron chi connectivity index (χ3n) is 3.90. The third kappa shape index (κ3) is 7.37. The quantitative estimate of drug-likeness (QED) is 0.337. The van der Waals surface area contributed by atoms with E-state index in [0.29, 0.717) is 11.4 Å². The van der Waals surface area contributed by atoms with Crippen LogP contribution in [0.5, 0.6) is 0 Å². The van der Waals surface area contributed by atoms with Crippen LogP contribution in [0.3, 0.4) is 0 Å². The molecule has 4 amide bonds. The van der Waals surface area contributed by atoms with Crippen molar-refractivity contribution in [1.82, 2.24) is 25.3 Å². The van der Waals surface area contributed by atoms with Crippen LogP contribution in [0.15, 0.2) is 41.7 Å². The Kier molecular flexibility index (Phi) is 8.18. The first-order valence-electron chi connectivity index (χ1n) is 8.79. The van der Waals surface area contributed by atoms with Crippen LogP contribution in [0.25, 0.3) is 0 Å². The smallest absolute Gasteiger partial charge is 0.329 e. The minimum Gasteiger partial charge on any atom is -0.370 e. The Morgan fingerprint density at radius 1 is 1.20 bits per heavy atom. The zero-order chi connectivity index (χ0) is 22.1. The Labute approximate surface area is 177 Å². The number of hydrogen-bond acceptors (Lipinski definition) is 6. The van der Waals surface area contributed by atoms with Crippen LogP contribution < -0.4 is 21.1 Å². The standard InChI is InChI=1S/C17H21ClN6O5S/c18-11-1-3-13(4-2-11)30(28,29)24-17(27)23-14(5-6-15(19)25)16(26)21-8-7-12-9-20-10-22-12/h1-4,9-10,14H,5-8H2,(H2,19,25)(H,20,22)(H,21,26)(H2,23,24,27)/t14-/m0/s1. The number of aromatic amines is 1. The monoisotopic (exact) mass is 456 g/mol. The van der Waals surface area contributed by atoms with E-state index < -0.39 is 33.9 Å². The lowest BCUT2D eigenvalue weighted by molar-refractivity contribution is -0.123. The molecular weight excluding hydrogens is 436 g/mol. The summed E-state index contributed by atoms with van der Waals surface area (Å²) in [4.78, 5) is 42.2. The normalized spacial score (nSPS) is 12.0. The zero-order valence-corrected chi connectivity index (χ0v) is 17.3. The molecule has 0 radical (unpaired) electrons. The summed E-state index contributed by atoms with van der Waals surface area (Å²) in [6.45, 7) is 0.237. The fourth-order valence-corrected chi connectivity index (χ4v) is 3.44. The number of aromatic nitrogens is 2. The molecule has 0 spiro atoms. The van der Waals surface area contributed by atoms with Crippen molar-refractivity contribution in [2.45, 2.75) is 30.2 Å². The Balaban J connectivity index is 1.97. The van der Waals surface area contributed by atoms with Crippen LogP contribution in [0.2, 0.25) is 5.02 Å². The summed E-state index contributed by atoms with van der Waals surface area (Å²) in [5.74, 6) is -1.25. The highest BCUT2D eigenvalue weighted by Crippen LogP contribution is 2.13. The van der Waals surface area contributed by atoms with Gasteiger partial charge in [0.05, 0.1) is 11.2 Å². The molecule has 30 heavy (non-hydrogen) atoms. The lowest BCUT2D eigenvalue weighted by atomic mass is 10.1. The molecule has 2 rings (SSSR count). The topological polar surface area (TPSA) is 176 Å². The van der Waals surface area contributed by atoms with Gasteiger partial charge in [0.25, 0.3) is 10.0 Å². The van der Waals surface area contributed by atoms with E-state index in [9.17, 15) is 22.8 Å². The van der Waals surface area contributed by atoms with E-state index >= 15 is 0 Å². The molecule has 11 nitrogen and oxygen atoms in total. The Hall–Kier alpha value is -3.12. The molecule has 0 fully saturated rings. The summed E-state index contributed by atoms with van der Waals surface area (Å²) >= 11 is 5.72. The first-order valence-corrected chi connectivity index (χ1v) is 10.7. The predicted molar refractivity (Wildman–Crippen MR) is 108 cm³/mol. The number of sulfonamides is 1. The van der Waals surface area contributed by atoms with Gasteiger partial charge in [0.15, 0.2) is 0 Å². The molecule has 1 aromatic carbocycles. The van der Waals surface area contributed by atoms with Crippen molar-refractivity contribution >= 4 is 39.5 Å². The number of rotatable bonds is 10. The predicted octanol–water partition coefficient (Wildman–Crippen LogP) is 0.0440. The minimum absolute atomic E-state index is 0.0976. The van der Waals surface area contributed by atoms with E-state index in [-0.39, 0.29) is 24.3 Å². The SMILES string of the molecule is NC(=O)CC[C@H](NC(=O)NS(=O)(=O)c1ccc(Cl)cc1)C(=O)NCCc1cnc[nH]1. The number of halogens is 1. The lowest BCUT2D eigenvalue weighted by Gasteiger charge is -2.18. The van der Waals surface area contributed by atoms with Crippen molar-refractivity contribution in [3.63, 3.8) is 0 Å². The van der Waals surface area contributed by atoms with Crippen LogP contribution in [-0.2, 0) is 26.0 Å². The summed E-state index contributed by atoms with van der Waals surface area (Å²) in [7, 11) is -4.18. The van der Waals surface area contributed by atoms with E-state index in [1.54, 1.807) is 6.20 Å². The summed E-state index contributed by atoms with van der Waals surface area (Å²) in [6.07, 6.45) is 3.29. The second kappa shape index (κ2) is 10.6. The zero-order valence-electron chi connectivity index (χ0n) is 15.7. The van der Waals surface area contributed by atoms with Crippen LogP contribution >= 0.6 is 11.6 Å². The first kappa shape index (κ1) is 23.2. The molecule has 0 aliphatic heterocycles. The molecule has 2 aromatic rings. The van der Waals surface area contributed by atoms with Crippen LogP contribution in [0.4, 0.5) is 4.79 Å². The van der Waals surface area contributed by atoms with E-state index in [4.69, 9.17) is 17.3 Å². The Morgan fingerprint density at radius 3 is 2.50 bits per heavy atom. The second-order valence-corrected chi connectivity index (χ2v) is 8.33. The van der Waals surface area contributed by atoms with E-state index in [0.717, 1.165) is 5.69 Å². The molecule has 1 atom stereocenters. The van der Waals surface area contributed by atoms with Crippen molar-refractivity contribution in [2.24, 2.45) is 5.73 Å². The van der Waals surface area contributed by atoms with Gasteiger partial charge in [-0.15, -0.1) is 0 Å². The Morgan fingerprint density at radius 2 is 1.90 bits per heavy atom. The summed E-state index contributed by atoms with van der Waals surface area (Å²) in [5.41, 5.74) is 5.90. The van der Waals surface area contributed by atoms with Gasteiger partial charge in [-0.2, -0.15) is 0 Å². The molecule has 0 aliphatic carbocycles. The highest BCUT2D eigenvalue weighted by Gasteiger charge is 2.24. The molecule has 0 unspecified atom stereocenters. The number of nitrogens with one attached hydrogen (secondary N) is 4. The molecule has 0 bridgehead atoms. The number of H-pyrrole nitrogens is 1. The lowest BCUT2D eigenvalue weighted by Crippen LogP contribution is -2.51. The van der Waals surface area contributed by atoms with Crippen molar-refractivity contribution in [2.75, 3.05) is 6.54 Å². The van der Waals surface area contributed by atoms with Crippen molar-refractivity contribution < 1.29 is 22.8 Å². The average molecular weight is 457 g/mol. The van der Waals surface area contributed by atoms with E-state index in [1.165, 1.54) is 30.6 Å². The number of carbonyl (C=O) groups is 3. The number of urea groups is 1. The largest absolute Gasteiger partial charge is 0.370 e. The highest BCUT2D eigenvalue weighted by molar-refractivity contribution is 7.90. The molecule has 0 aliphatic rings. The van der Waals surface area contributed by atoms with Gasteiger partial charge in [-0.1, -0.05) is 11.6 Å². The van der Waals surface area contributed by atoms with Gasteiger partial charge in [0.2, 0.25) is 11.8 Å². The number of carbonyl (C=O) groups excluding carboxylic acids is 3. The highest BCUT2D eigenvalue weighted by atomic mass is 35.5. The molecular formula is C17H21ClN6O5S. The van der Waals surface area contributed by atoms with Gasteiger partial charge in [0.1, 0.15) is 6.04 Å².